The predicted molar refractivity (Wildman–Crippen MR) is 161 cm³/mol. The molecular weight excluding hydrogens is 522 g/mol. The molecule has 4 rings (SSSR count). The number of benzene rings is 2. The molecule has 1 aliphatic heterocycles. The first-order valence-electron chi connectivity index (χ1n) is 14.2. The van der Waals surface area contributed by atoms with Gasteiger partial charge in [-0.25, -0.2) is 4.79 Å². The molecule has 1 N–H and O–H groups in total. The fraction of sp³-hybridized carbons (Fsp3) is 0.455. The third-order valence-corrected chi connectivity index (χ3v) is 7.74. The summed E-state index contributed by atoms with van der Waals surface area (Å²) in [4.78, 5) is 28.9. The Balaban J connectivity index is 1.56. The van der Waals surface area contributed by atoms with E-state index in [1.807, 2.05) is 43.9 Å². The van der Waals surface area contributed by atoms with Crippen LogP contribution in [0.1, 0.15) is 50.8 Å². The summed E-state index contributed by atoms with van der Waals surface area (Å²) >= 11 is 6.28. The van der Waals surface area contributed by atoms with Gasteiger partial charge in [0.25, 0.3) is 0 Å². The third kappa shape index (κ3) is 8.97. The van der Waals surface area contributed by atoms with Gasteiger partial charge in [-0.15, -0.1) is 0 Å². The number of nitrogens with one attached hydrogen (secondary N) is 1. The maximum Gasteiger partial charge on any atom is 0.410 e. The Labute approximate surface area is 244 Å². The molecule has 214 valence electrons. The number of rotatable bonds is 9. The maximum absolute atomic E-state index is 13.1. The highest BCUT2D eigenvalue weighted by Crippen LogP contribution is 2.31. The third-order valence-electron chi connectivity index (χ3n) is 7.46. The molecule has 2 aromatic rings. The van der Waals surface area contributed by atoms with Crippen LogP contribution in [0.3, 0.4) is 0 Å². The van der Waals surface area contributed by atoms with E-state index in [0.29, 0.717) is 25.6 Å². The highest BCUT2D eigenvalue weighted by molar-refractivity contribution is 6.31. The molecule has 3 atom stereocenters. The average molecular weight is 564 g/mol. The van der Waals surface area contributed by atoms with Crippen LogP contribution in [0.5, 0.6) is 0 Å². The Hall–Kier alpha value is -3.09. The summed E-state index contributed by atoms with van der Waals surface area (Å²) < 4.78 is 5.76. The van der Waals surface area contributed by atoms with Gasteiger partial charge < -0.3 is 15.0 Å². The van der Waals surface area contributed by atoms with Gasteiger partial charge in [-0.05, 0) is 68.2 Å². The number of nitrogens with zero attached hydrogens (tertiary/aromatic N) is 2. The first kappa shape index (κ1) is 29.9. The molecule has 1 unspecified atom stereocenters. The SMILES string of the molecule is CC(=O)NCc1cccc(CN(C[C@H]2CN(C(=O)OC(C)(C)C)C[C@@H]2Cc2ccccc2)C2C=CC(Cl)=CC2)c1. The molecule has 7 heteroatoms. The Morgan fingerprint density at radius 1 is 1.02 bits per heavy atom. The molecular formula is C33H42ClN3O3. The van der Waals surface area contributed by atoms with Crippen molar-refractivity contribution in [2.75, 3.05) is 19.6 Å². The van der Waals surface area contributed by atoms with E-state index >= 15 is 0 Å². The standard InChI is InChI=1S/C33H42ClN3O3/c1-24(38)35-19-26-11-8-12-27(17-26)20-36(31-15-13-30(34)14-16-31)22-29-23-37(32(39)40-33(2,3)4)21-28(29)18-25-9-6-5-7-10-25/h5-15,17,28-29,31H,16,18-23H2,1-4H3,(H,35,38)/t28-,29-,31?/m0/s1. The van der Waals surface area contributed by atoms with Crippen LogP contribution >= 0.6 is 11.6 Å². The number of hydrogen-bond acceptors (Lipinski definition) is 4. The van der Waals surface area contributed by atoms with Crippen LogP contribution in [0, 0.1) is 11.8 Å². The topological polar surface area (TPSA) is 61.9 Å². The minimum atomic E-state index is -0.531. The molecule has 1 fully saturated rings. The smallest absolute Gasteiger partial charge is 0.410 e. The highest BCUT2D eigenvalue weighted by atomic mass is 35.5. The molecule has 40 heavy (non-hydrogen) atoms. The molecule has 6 nitrogen and oxygen atoms in total. The van der Waals surface area contributed by atoms with Crippen LogP contribution in [0.2, 0.25) is 0 Å². The molecule has 0 bridgehead atoms. The normalized spacial score (nSPS) is 20.9. The lowest BCUT2D eigenvalue weighted by atomic mass is 9.88. The number of ether oxygens (including phenoxy) is 1. The van der Waals surface area contributed by atoms with Gasteiger partial charge in [0.15, 0.2) is 0 Å². The first-order chi connectivity index (χ1) is 19.1. The number of hydrogen-bond donors (Lipinski definition) is 1. The van der Waals surface area contributed by atoms with Crippen LogP contribution < -0.4 is 5.32 Å². The summed E-state index contributed by atoms with van der Waals surface area (Å²) in [7, 11) is 0. The van der Waals surface area contributed by atoms with Crippen molar-refractivity contribution in [3.63, 3.8) is 0 Å². The van der Waals surface area contributed by atoms with Crippen molar-refractivity contribution in [3.05, 3.63) is 94.5 Å². The second-order valence-electron chi connectivity index (χ2n) is 12.0. The fourth-order valence-electron chi connectivity index (χ4n) is 5.54. The molecule has 0 aromatic heterocycles. The van der Waals surface area contributed by atoms with Crippen molar-refractivity contribution in [1.82, 2.24) is 15.1 Å². The molecule has 2 amide bonds. The van der Waals surface area contributed by atoms with Gasteiger partial charge in [0, 0.05) is 50.7 Å². The minimum Gasteiger partial charge on any atom is -0.444 e. The summed E-state index contributed by atoms with van der Waals surface area (Å²) in [6, 6.07) is 19.1. The summed E-state index contributed by atoms with van der Waals surface area (Å²) in [6.45, 7) is 10.7. The van der Waals surface area contributed by atoms with Gasteiger partial charge >= 0.3 is 6.09 Å². The number of likely N-dealkylation sites (tertiary alicyclic amines) is 1. The zero-order valence-corrected chi connectivity index (χ0v) is 24.9. The van der Waals surface area contributed by atoms with E-state index in [4.69, 9.17) is 16.3 Å². The second-order valence-corrected chi connectivity index (χ2v) is 12.4. The zero-order chi connectivity index (χ0) is 28.7. The molecule has 2 aliphatic rings. The lowest BCUT2D eigenvalue weighted by Gasteiger charge is -2.34. The summed E-state index contributed by atoms with van der Waals surface area (Å²) in [5.41, 5.74) is 3.02. The van der Waals surface area contributed by atoms with Gasteiger partial charge in [-0.2, -0.15) is 0 Å². The van der Waals surface area contributed by atoms with Gasteiger partial charge in [0.05, 0.1) is 0 Å². The summed E-state index contributed by atoms with van der Waals surface area (Å²) in [5, 5.41) is 3.67. The van der Waals surface area contributed by atoms with Crippen LogP contribution in [-0.4, -0.2) is 53.1 Å². The zero-order valence-electron chi connectivity index (χ0n) is 24.1. The molecule has 0 spiro atoms. The second kappa shape index (κ2) is 13.5. The van der Waals surface area contributed by atoms with Crippen LogP contribution in [0.25, 0.3) is 0 Å². The van der Waals surface area contributed by atoms with E-state index in [1.165, 1.54) is 18.1 Å². The molecule has 0 radical (unpaired) electrons. The lowest BCUT2D eigenvalue weighted by Crippen LogP contribution is -2.40. The van der Waals surface area contributed by atoms with E-state index in [-0.39, 0.29) is 24.0 Å². The van der Waals surface area contributed by atoms with Crippen molar-refractivity contribution in [2.45, 2.75) is 65.3 Å². The van der Waals surface area contributed by atoms with Gasteiger partial charge in [0.1, 0.15) is 5.60 Å². The minimum absolute atomic E-state index is 0.0386. The molecule has 1 heterocycles. The predicted octanol–water partition coefficient (Wildman–Crippen LogP) is 6.30. The number of carbonyl (C=O) groups excluding carboxylic acids is 2. The lowest BCUT2D eigenvalue weighted by molar-refractivity contribution is -0.119. The number of carbonyl (C=O) groups is 2. The van der Waals surface area contributed by atoms with Crippen LogP contribution in [0.4, 0.5) is 4.79 Å². The fourth-order valence-corrected chi connectivity index (χ4v) is 5.70. The van der Waals surface area contributed by atoms with Crippen molar-refractivity contribution in [3.8, 4) is 0 Å². The van der Waals surface area contributed by atoms with Crippen molar-refractivity contribution < 1.29 is 14.3 Å². The molecule has 1 aliphatic carbocycles. The van der Waals surface area contributed by atoms with E-state index in [0.717, 1.165) is 36.5 Å². The number of halogens is 1. The highest BCUT2D eigenvalue weighted by Gasteiger charge is 2.38. The van der Waals surface area contributed by atoms with Gasteiger partial charge in [-0.1, -0.05) is 78.4 Å². The van der Waals surface area contributed by atoms with Crippen LogP contribution in [0.15, 0.2) is 77.9 Å². The molecule has 2 aromatic carbocycles. The van der Waals surface area contributed by atoms with E-state index < -0.39 is 5.60 Å². The van der Waals surface area contributed by atoms with Crippen molar-refractivity contribution >= 4 is 23.6 Å². The van der Waals surface area contributed by atoms with Gasteiger partial charge in [-0.3, -0.25) is 9.69 Å². The van der Waals surface area contributed by atoms with Gasteiger partial charge in [0.2, 0.25) is 5.91 Å². The van der Waals surface area contributed by atoms with Crippen LogP contribution in [-0.2, 0) is 29.0 Å². The molecule has 1 saturated heterocycles. The van der Waals surface area contributed by atoms with E-state index in [9.17, 15) is 9.59 Å². The monoisotopic (exact) mass is 563 g/mol. The Kier molecular flexibility index (Phi) is 10.1. The largest absolute Gasteiger partial charge is 0.444 e. The van der Waals surface area contributed by atoms with E-state index in [2.05, 4.69) is 64.8 Å². The Bertz CT molecular complexity index is 1220. The summed E-state index contributed by atoms with van der Waals surface area (Å²) in [5.74, 6) is 0.559. The molecule has 0 saturated carbocycles. The maximum atomic E-state index is 13.1. The Morgan fingerprint density at radius 2 is 1.73 bits per heavy atom. The Morgan fingerprint density at radius 3 is 2.40 bits per heavy atom. The van der Waals surface area contributed by atoms with E-state index in [1.54, 1.807) is 0 Å². The first-order valence-corrected chi connectivity index (χ1v) is 14.6. The van der Waals surface area contributed by atoms with Crippen molar-refractivity contribution in [1.29, 1.82) is 0 Å². The quantitative estimate of drug-likeness (QED) is 0.389. The number of allylic oxidation sites excluding steroid dienone is 2. The van der Waals surface area contributed by atoms with Crippen molar-refractivity contribution in [2.24, 2.45) is 11.8 Å². The average Bonchev–Trinajstić information content (AvgIpc) is 3.30. The number of amides is 2. The summed E-state index contributed by atoms with van der Waals surface area (Å²) in [6.07, 6.45) is 7.77.